The first-order chi connectivity index (χ1) is 65.3. The van der Waals surface area contributed by atoms with Gasteiger partial charge >= 0.3 is 17.9 Å². The normalized spacial score (nSPS) is 30.7. The van der Waals surface area contributed by atoms with Crippen molar-refractivity contribution in [1.29, 1.82) is 0 Å². The van der Waals surface area contributed by atoms with Gasteiger partial charge in [-0.1, -0.05) is 117 Å². The molecule has 9 aliphatic heterocycles. The smallest absolute Gasteiger partial charge is 0.307 e. The second kappa shape index (κ2) is 47.9. The van der Waals surface area contributed by atoms with Crippen LogP contribution in [0.5, 0.6) is 34.9 Å². The molecule has 3 saturated carbocycles. The maximum atomic E-state index is 14.6. The van der Waals surface area contributed by atoms with Crippen molar-refractivity contribution in [3.8, 4) is 34.9 Å². The Morgan fingerprint density at radius 3 is 1.06 bits per heavy atom. The number of esters is 3. The molecule has 9 fully saturated rings. The second-order valence-electron chi connectivity index (χ2n) is 41.1. The van der Waals surface area contributed by atoms with Gasteiger partial charge in [-0.15, -0.1) is 0 Å². The van der Waals surface area contributed by atoms with Gasteiger partial charge in [-0.2, -0.15) is 0 Å². The summed E-state index contributed by atoms with van der Waals surface area (Å²) in [4.78, 5) is 156. The van der Waals surface area contributed by atoms with Gasteiger partial charge in [-0.25, -0.2) is 48.8 Å². The maximum absolute atomic E-state index is 14.6. The summed E-state index contributed by atoms with van der Waals surface area (Å²) in [6.07, 6.45) is 29.3. The fourth-order valence-electron chi connectivity index (χ4n) is 23.4. The Morgan fingerprint density at radius 2 is 0.710 bits per heavy atom. The van der Waals surface area contributed by atoms with Crippen molar-refractivity contribution in [2.75, 3.05) is 80.6 Å². The molecule has 0 unspecified atom stereocenters. The summed E-state index contributed by atoms with van der Waals surface area (Å²) in [6, 6.07) is 14.5. The molecular formula is C105H138N9O21V3-3. The number of amides is 3. The monoisotopic (exact) mass is 2010 g/mol. The topological polar surface area (TPSA) is 351 Å². The van der Waals surface area contributed by atoms with Crippen molar-refractivity contribution in [3.05, 3.63) is 71.7 Å². The molecule has 12 aliphatic rings. The van der Waals surface area contributed by atoms with E-state index in [2.05, 4.69) is 39.6 Å². The van der Waals surface area contributed by atoms with Gasteiger partial charge in [0.05, 0.1) is 111 Å². The average molecular weight is 2020 g/mol. The van der Waals surface area contributed by atoms with Crippen molar-refractivity contribution in [1.82, 2.24) is 44.6 Å². The van der Waals surface area contributed by atoms with E-state index in [9.17, 15) is 43.2 Å². The van der Waals surface area contributed by atoms with Crippen LogP contribution >= 0.6 is 0 Å². The number of nitrogens with zero attached hydrogens (tertiary/aromatic N) is 9. The van der Waals surface area contributed by atoms with E-state index in [-0.39, 0.29) is 160 Å². The molecular weight excluding hydrogens is 1880 g/mol. The molecule has 12 heterocycles. The number of ether oxygens (including phenoxy) is 12. The number of hydrogen-bond acceptors (Lipinski definition) is 27. The van der Waals surface area contributed by atoms with E-state index in [0.29, 0.717) is 186 Å². The molecule has 3 aliphatic carbocycles. The number of fused-ring (bicyclic) bond motifs is 15. The number of aryl methyl sites for hydroxylation is 3. The number of rotatable bonds is 12. The van der Waals surface area contributed by atoms with Crippen LogP contribution in [0, 0.1) is 69.5 Å². The zero-order valence-electron chi connectivity index (χ0n) is 81.9. The fourth-order valence-corrected chi connectivity index (χ4v) is 23.4. The molecule has 0 N–H and O–H groups in total. The Labute approximate surface area is 847 Å². The summed E-state index contributed by atoms with van der Waals surface area (Å²) in [5.74, 6) is -0.0357. The van der Waals surface area contributed by atoms with Crippen molar-refractivity contribution >= 4 is 87.6 Å². The van der Waals surface area contributed by atoms with Gasteiger partial charge in [0.15, 0.2) is 0 Å². The third-order valence-corrected chi connectivity index (χ3v) is 32.5. The third-order valence-electron chi connectivity index (χ3n) is 32.5. The van der Waals surface area contributed by atoms with Gasteiger partial charge in [0, 0.05) is 119 Å². The number of carbonyl (C=O) groups excluding carboxylic acids is 9. The number of carbonyl (C=O) groups is 6. The van der Waals surface area contributed by atoms with Gasteiger partial charge in [-0.3, -0.25) is 28.8 Å². The minimum absolute atomic E-state index is 0. The van der Waals surface area contributed by atoms with E-state index in [1.54, 1.807) is 36.0 Å². The molecule has 6 aromatic rings. The van der Waals surface area contributed by atoms with Gasteiger partial charge in [-0.05, 0) is 218 Å². The van der Waals surface area contributed by atoms with Gasteiger partial charge in [0.2, 0.25) is 35.4 Å². The van der Waals surface area contributed by atoms with E-state index in [1.165, 1.54) is 0 Å². The minimum atomic E-state index is -0.793. The Balaban J connectivity index is 0.000000173. The Morgan fingerprint density at radius 1 is 0.377 bits per heavy atom. The zero-order valence-corrected chi connectivity index (χ0v) is 86.1. The molecule has 6 saturated heterocycles. The standard InChI is InChI=1S/C36H48N3O7.C35H46N3O7.C34H44N3O7.3V/c1-4-25-30(22-40)39-21-32(25)46-34-28(37-27-14-13-24(43-3)19-29(27)38-34)11-7-5-6-9-23-10-8-12-31(23)45-33(41)20-26(35(39)42)36(2)15-17-44-18-16-36;1-5-24-29(21-39)38-20-30(24)44-32-27(36-26-12-11-23(42-4)17-28(26)37-32)10-8-6-7-9-22-19-35(22,3)45-31(40)18-25(33(38)41)34(2)13-15-43-16-14-34;1-4-23-28(20-38)37-19-30(23)44-32-26(35-25-11-10-22(41-3)17-27(25)36-32)9-7-5-6-8-21-16-29(21)43-31(39)18-24(33(37)40)34(2)12-14-42-15-13-34;;;/h13-14,19,23,25-26,30-32H,4-12,15-18,20-21H2,1-3H3;11-12,17,22,24-25,29-30H,5-10,13-16,18-20H2,1-4H3;10-11,17,21,23-24,28-30H,4-9,12-16,18-19H2,1-3H3;;;/q3*-1;;;/t23-,25+,26-,30-,31-,32+;22-,24+,25-,29-,30+,35-;21-,23+,24-,28-,29-,30+;;;/m111.../s1. The Kier molecular flexibility index (Phi) is 37.2. The molecule has 747 valence electrons. The van der Waals surface area contributed by atoms with Gasteiger partial charge in [0.25, 0.3) is 0 Å². The SMILES string of the molecule is CC[C@@H]1[C@@H]2CN(C(=O)[C@H](C3(C)CCOCC3)CC(=O)O[C@@H]3CCC[C@H]3CCCCCc3nc4ccc(OC)cc4nc3O2)[C@@H]1[C-]=O.CC[C@@H]1[C@@H]2CN(C(=O)[C@H](C3(C)CCOCC3)CC(=O)O[C@@H]3C[C@H]3CCCCCc3nc4ccc(OC)cc4nc3O2)[C@@H]1[C-]=O.CC[C@@H]1[C@@H]2CN(C(=O)[C@H](C3(C)CCOCC3)CC(=O)O[C@]3(C)C[C@H]3CCCCCc3nc4ccc(OC)cc4nc3O2)[C@@H]1[C-]=O.[V].[V].[V]. The number of aromatic nitrogens is 6. The molecule has 18 rings (SSSR count). The molecule has 3 radical (unpaired) electrons. The molecule has 0 spiro atoms. The van der Waals surface area contributed by atoms with Crippen LogP contribution in [0.3, 0.4) is 0 Å². The first-order valence-corrected chi connectivity index (χ1v) is 50.3. The first-order valence-electron chi connectivity index (χ1n) is 50.3. The van der Waals surface area contributed by atoms with Crippen LogP contribution in [-0.4, -0.2) is 234 Å². The number of methoxy groups -OCH3 is 3. The van der Waals surface area contributed by atoms with E-state index in [4.69, 9.17) is 86.7 Å². The summed E-state index contributed by atoms with van der Waals surface area (Å²) in [7, 11) is 4.85. The summed E-state index contributed by atoms with van der Waals surface area (Å²) < 4.78 is 71.3. The minimum Gasteiger partial charge on any atom is -0.540 e. The molecule has 6 bridgehead atoms. The zero-order chi connectivity index (χ0) is 94.9. The molecule has 30 nitrogen and oxygen atoms in total. The van der Waals surface area contributed by atoms with Crippen LogP contribution in [0.4, 0.5) is 0 Å². The van der Waals surface area contributed by atoms with Crippen molar-refractivity contribution in [2.45, 2.75) is 308 Å². The van der Waals surface area contributed by atoms with Crippen LogP contribution < -0.4 is 28.4 Å². The number of hydrogen-bond donors (Lipinski definition) is 0. The Hall–Kier alpha value is -8.06. The molecule has 33 heteroatoms. The largest absolute Gasteiger partial charge is 0.540 e. The van der Waals surface area contributed by atoms with E-state index >= 15 is 0 Å². The molecule has 3 aromatic carbocycles. The van der Waals surface area contributed by atoms with Crippen molar-refractivity contribution < 1.29 is 156 Å². The first kappa shape index (κ1) is 107. The van der Waals surface area contributed by atoms with Gasteiger partial charge in [0.1, 0.15) is 70.5 Å². The summed E-state index contributed by atoms with van der Waals surface area (Å²) in [6.45, 7) is 18.0. The van der Waals surface area contributed by atoms with E-state index < -0.39 is 76.0 Å². The van der Waals surface area contributed by atoms with Crippen LogP contribution in [-0.2, 0) is 147 Å². The van der Waals surface area contributed by atoms with Crippen molar-refractivity contribution in [2.24, 2.45) is 69.5 Å². The maximum Gasteiger partial charge on any atom is 0.307 e. The number of benzene rings is 3. The summed E-state index contributed by atoms with van der Waals surface area (Å²) in [5.41, 5.74) is 4.74. The van der Waals surface area contributed by atoms with Crippen LogP contribution in [0.25, 0.3) is 33.1 Å². The fraction of sp³-hybridized carbons (Fsp3) is 0.686. The summed E-state index contributed by atoms with van der Waals surface area (Å²) in [5, 5.41) is 0. The quantitative estimate of drug-likeness (QED) is 0.0624. The van der Waals surface area contributed by atoms with Crippen LogP contribution in [0.2, 0.25) is 0 Å². The van der Waals surface area contributed by atoms with Gasteiger partial charge < -0.3 is 85.9 Å². The molecule has 138 heavy (non-hydrogen) atoms. The predicted molar refractivity (Wildman–Crippen MR) is 500 cm³/mol. The third kappa shape index (κ3) is 24.4. The van der Waals surface area contributed by atoms with Crippen LogP contribution in [0.15, 0.2) is 54.6 Å². The van der Waals surface area contributed by atoms with Crippen molar-refractivity contribution in [3.63, 3.8) is 0 Å². The van der Waals surface area contributed by atoms with E-state index in [1.807, 2.05) is 82.3 Å². The molecule has 18 atom stereocenters. The second-order valence-corrected chi connectivity index (χ2v) is 41.1. The summed E-state index contributed by atoms with van der Waals surface area (Å²) >= 11 is 0. The van der Waals surface area contributed by atoms with E-state index in [0.717, 1.165) is 143 Å². The molecule has 3 aromatic heterocycles. The Bertz CT molecular complexity index is 5230. The average Bonchev–Trinajstić information content (AvgIpc) is 1.61. The molecule has 3 amide bonds. The van der Waals surface area contributed by atoms with Crippen LogP contribution in [0.1, 0.15) is 252 Å². The predicted octanol–water partition coefficient (Wildman–Crippen LogP) is 15.0.